The minimum Gasteiger partial charge on any atom is -0.314 e. The van der Waals surface area contributed by atoms with Gasteiger partial charge < -0.3 is 5.32 Å². The zero-order valence-electron chi connectivity index (χ0n) is 13.2. The van der Waals surface area contributed by atoms with Gasteiger partial charge in [-0.3, -0.25) is 0 Å². The van der Waals surface area contributed by atoms with Gasteiger partial charge in [0.1, 0.15) is 11.6 Å². The molecule has 0 spiro atoms. The van der Waals surface area contributed by atoms with Crippen LogP contribution in [0.1, 0.15) is 51.5 Å². The zero-order valence-corrected chi connectivity index (χ0v) is 13.2. The smallest absolute Gasteiger partial charge is 0.129 e. The van der Waals surface area contributed by atoms with Crippen molar-refractivity contribution >= 4 is 0 Å². The van der Waals surface area contributed by atoms with Crippen LogP contribution in [0.25, 0.3) is 0 Å². The van der Waals surface area contributed by atoms with Gasteiger partial charge in [0.05, 0.1) is 0 Å². The molecule has 0 aliphatic heterocycles. The Hall–Kier alpha value is -0.960. The molecule has 118 valence electrons. The van der Waals surface area contributed by atoms with Crippen LogP contribution in [0.5, 0.6) is 0 Å². The number of nitrogens with one attached hydrogen (secondary N) is 1. The summed E-state index contributed by atoms with van der Waals surface area (Å²) in [6.45, 7) is 5.24. The van der Waals surface area contributed by atoms with E-state index in [4.69, 9.17) is 0 Å². The number of rotatable bonds is 6. The minimum atomic E-state index is -0.500. The Kier molecular flexibility index (Phi) is 6.16. The Morgan fingerprint density at radius 1 is 1.24 bits per heavy atom. The lowest BCUT2D eigenvalue weighted by Gasteiger charge is -2.35. The van der Waals surface area contributed by atoms with Crippen LogP contribution < -0.4 is 5.32 Å². The first-order chi connectivity index (χ1) is 10.1. The summed E-state index contributed by atoms with van der Waals surface area (Å²) in [4.78, 5) is 0. The molecule has 0 radical (unpaired) electrons. The molecule has 0 bridgehead atoms. The van der Waals surface area contributed by atoms with Gasteiger partial charge in [0, 0.05) is 12.1 Å². The lowest BCUT2D eigenvalue weighted by molar-refractivity contribution is 0.208. The largest absolute Gasteiger partial charge is 0.314 e. The van der Waals surface area contributed by atoms with E-state index in [1.165, 1.54) is 38.2 Å². The van der Waals surface area contributed by atoms with Gasteiger partial charge in [0.15, 0.2) is 0 Å². The maximum Gasteiger partial charge on any atom is 0.129 e. The topological polar surface area (TPSA) is 12.0 Å². The Labute approximate surface area is 127 Å². The van der Waals surface area contributed by atoms with Crippen LogP contribution in [0.3, 0.4) is 0 Å². The van der Waals surface area contributed by atoms with E-state index in [-0.39, 0.29) is 0 Å². The summed E-state index contributed by atoms with van der Waals surface area (Å²) < 4.78 is 26.9. The normalized spacial score (nSPS) is 24.0. The highest BCUT2D eigenvalue weighted by atomic mass is 19.1. The van der Waals surface area contributed by atoms with Crippen molar-refractivity contribution in [3.63, 3.8) is 0 Å². The van der Waals surface area contributed by atoms with E-state index in [2.05, 4.69) is 19.2 Å². The first kappa shape index (κ1) is 16.4. The summed E-state index contributed by atoms with van der Waals surface area (Å²) in [7, 11) is 0. The van der Waals surface area contributed by atoms with Gasteiger partial charge >= 0.3 is 0 Å². The molecule has 1 N–H and O–H groups in total. The molecule has 1 fully saturated rings. The summed E-state index contributed by atoms with van der Waals surface area (Å²) in [5.74, 6) is 0.497. The highest BCUT2D eigenvalue weighted by molar-refractivity contribution is 5.20. The third kappa shape index (κ3) is 4.50. The first-order valence-electron chi connectivity index (χ1n) is 8.31. The second-order valence-corrected chi connectivity index (χ2v) is 6.30. The molecule has 3 unspecified atom stereocenters. The van der Waals surface area contributed by atoms with Crippen molar-refractivity contribution in [2.45, 2.75) is 58.4 Å². The van der Waals surface area contributed by atoms with Crippen LogP contribution in [0.4, 0.5) is 8.78 Å². The van der Waals surface area contributed by atoms with E-state index < -0.39 is 11.6 Å². The van der Waals surface area contributed by atoms with Crippen molar-refractivity contribution in [1.82, 2.24) is 5.32 Å². The fourth-order valence-electron chi connectivity index (χ4n) is 3.66. The van der Waals surface area contributed by atoms with Gasteiger partial charge in [0.2, 0.25) is 0 Å². The summed E-state index contributed by atoms with van der Waals surface area (Å²) in [5.41, 5.74) is 0.626. The molecular weight excluding hydrogens is 268 g/mol. The Morgan fingerprint density at radius 2 is 2.05 bits per heavy atom. The summed E-state index contributed by atoms with van der Waals surface area (Å²) in [6, 6.07) is 4.24. The summed E-state index contributed by atoms with van der Waals surface area (Å²) >= 11 is 0. The highest BCUT2D eigenvalue weighted by Crippen LogP contribution is 2.34. The molecule has 0 amide bonds. The number of hydrogen-bond acceptors (Lipinski definition) is 1. The predicted molar refractivity (Wildman–Crippen MR) is 83.3 cm³/mol. The third-order valence-corrected chi connectivity index (χ3v) is 4.89. The molecular formula is C18H27F2N. The molecule has 3 atom stereocenters. The molecule has 1 aromatic rings. The van der Waals surface area contributed by atoms with Crippen molar-refractivity contribution < 1.29 is 8.78 Å². The van der Waals surface area contributed by atoms with Gasteiger partial charge in [-0.05, 0) is 49.3 Å². The number of hydrogen-bond donors (Lipinski definition) is 1. The second-order valence-electron chi connectivity index (χ2n) is 6.30. The van der Waals surface area contributed by atoms with E-state index in [1.54, 1.807) is 6.07 Å². The maximum atomic E-state index is 13.9. The molecule has 0 heterocycles. The predicted octanol–water partition coefficient (Wildman–Crippen LogP) is 4.70. The molecule has 1 aromatic carbocycles. The quantitative estimate of drug-likeness (QED) is 0.802. The van der Waals surface area contributed by atoms with Crippen molar-refractivity contribution in [3.05, 3.63) is 35.4 Å². The van der Waals surface area contributed by atoms with Crippen LogP contribution >= 0.6 is 0 Å². The average molecular weight is 295 g/mol. The van der Waals surface area contributed by atoms with Crippen LogP contribution in [0.15, 0.2) is 18.2 Å². The summed E-state index contributed by atoms with van der Waals surface area (Å²) in [6.07, 6.45) is 6.95. The monoisotopic (exact) mass is 295 g/mol. The minimum absolute atomic E-state index is 0.296. The lowest BCUT2D eigenvalue weighted by Crippen LogP contribution is -2.40. The molecule has 0 aromatic heterocycles. The Balaban J connectivity index is 2.07. The van der Waals surface area contributed by atoms with Crippen molar-refractivity contribution in [3.8, 4) is 0 Å². The van der Waals surface area contributed by atoms with Gasteiger partial charge in [-0.1, -0.05) is 39.2 Å². The van der Waals surface area contributed by atoms with Crippen LogP contribution in [-0.2, 0) is 6.42 Å². The number of halogens is 2. The molecule has 1 aliphatic rings. The lowest BCUT2D eigenvalue weighted by atomic mass is 9.75. The van der Waals surface area contributed by atoms with E-state index in [9.17, 15) is 8.78 Å². The molecule has 1 aliphatic carbocycles. The zero-order chi connectivity index (χ0) is 15.2. The van der Waals surface area contributed by atoms with Crippen molar-refractivity contribution in [2.75, 3.05) is 6.54 Å². The van der Waals surface area contributed by atoms with E-state index in [0.29, 0.717) is 23.9 Å². The maximum absolute atomic E-state index is 13.9. The van der Waals surface area contributed by atoms with E-state index >= 15 is 0 Å². The molecule has 2 rings (SSSR count). The third-order valence-electron chi connectivity index (χ3n) is 4.89. The van der Waals surface area contributed by atoms with Crippen LogP contribution in [0, 0.1) is 23.5 Å². The second kappa shape index (κ2) is 7.88. The summed E-state index contributed by atoms with van der Waals surface area (Å²) in [5, 5.41) is 3.53. The fraction of sp³-hybridized carbons (Fsp3) is 0.667. The molecule has 21 heavy (non-hydrogen) atoms. The van der Waals surface area contributed by atoms with Gasteiger partial charge in [-0.25, -0.2) is 8.78 Å². The highest BCUT2D eigenvalue weighted by Gasteiger charge is 2.28. The molecule has 1 saturated carbocycles. The molecule has 3 heteroatoms. The Bertz CT molecular complexity index is 447. The van der Waals surface area contributed by atoms with Gasteiger partial charge in [-0.15, -0.1) is 0 Å². The number of likely N-dealkylation sites (N-methyl/N-ethyl adjacent to an activating group) is 1. The van der Waals surface area contributed by atoms with E-state index in [1.807, 2.05) is 0 Å². The van der Waals surface area contributed by atoms with E-state index in [0.717, 1.165) is 18.5 Å². The molecule has 0 saturated heterocycles. The fourth-order valence-corrected chi connectivity index (χ4v) is 3.66. The SMILES string of the molecule is CCNC(Cc1ccc(F)cc1F)C1CCCC(CC)C1. The van der Waals surface area contributed by atoms with Crippen LogP contribution in [0.2, 0.25) is 0 Å². The van der Waals surface area contributed by atoms with Gasteiger partial charge in [-0.2, -0.15) is 0 Å². The van der Waals surface area contributed by atoms with Crippen molar-refractivity contribution in [2.24, 2.45) is 11.8 Å². The van der Waals surface area contributed by atoms with Crippen molar-refractivity contribution in [1.29, 1.82) is 0 Å². The first-order valence-corrected chi connectivity index (χ1v) is 8.31. The standard InChI is InChI=1S/C18H27F2N/c1-3-13-6-5-7-15(10-13)18(21-4-2)11-14-8-9-16(19)12-17(14)20/h8-9,12-13,15,18,21H,3-7,10-11H2,1-2H3. The van der Waals surface area contributed by atoms with Crippen LogP contribution in [-0.4, -0.2) is 12.6 Å². The van der Waals surface area contributed by atoms with Gasteiger partial charge in [0.25, 0.3) is 0 Å². The molecule has 1 nitrogen and oxygen atoms in total. The number of benzene rings is 1. The average Bonchev–Trinajstić information content (AvgIpc) is 2.49. The Morgan fingerprint density at radius 3 is 2.71 bits per heavy atom.